The number of hydrogen-bond donors (Lipinski definition) is 1. The summed E-state index contributed by atoms with van der Waals surface area (Å²) in [4.78, 5) is 2.90. The van der Waals surface area contributed by atoms with E-state index in [2.05, 4.69) is 4.98 Å². The smallest absolute Gasteiger partial charge is 0.397 e. The number of anilines is 1. The van der Waals surface area contributed by atoms with E-state index >= 15 is 0 Å². The molecule has 8 heteroatoms. The van der Waals surface area contributed by atoms with Crippen molar-refractivity contribution >= 4 is 5.69 Å². The van der Waals surface area contributed by atoms with Crippen LogP contribution in [0, 0.1) is 11.3 Å². The van der Waals surface area contributed by atoms with Gasteiger partial charge in [-0.2, -0.15) is 18.4 Å². The number of nitriles is 1. The lowest BCUT2D eigenvalue weighted by atomic mass is 10.1. The van der Waals surface area contributed by atoms with Crippen LogP contribution < -0.4 is 5.73 Å². The van der Waals surface area contributed by atoms with Crippen LogP contribution in [0.5, 0.6) is 0 Å². The number of nitrogens with zero attached hydrogens (tertiary/aromatic N) is 2. The van der Waals surface area contributed by atoms with Crippen LogP contribution in [0.2, 0.25) is 0 Å². The summed E-state index contributed by atoms with van der Waals surface area (Å²) in [5.74, 6) is 0. The quantitative estimate of drug-likeness (QED) is 0.763. The first-order valence-electron chi connectivity index (χ1n) is 3.82. The number of nitrogen functional groups attached to an aromatic ring is 1. The van der Waals surface area contributed by atoms with E-state index in [1.807, 2.05) is 0 Å². The van der Waals surface area contributed by atoms with E-state index in [1.54, 1.807) is 0 Å². The number of rotatable bonds is 1. The average Bonchev–Trinajstić information content (AvgIpc) is 2.14. The molecule has 0 aliphatic rings. The van der Waals surface area contributed by atoms with E-state index in [4.69, 9.17) is 11.0 Å². The highest BCUT2D eigenvalue weighted by molar-refractivity contribution is 5.61. The van der Waals surface area contributed by atoms with Crippen LogP contribution in [0.4, 0.5) is 27.6 Å². The fourth-order valence-corrected chi connectivity index (χ4v) is 1.05. The molecule has 0 saturated heterocycles. The summed E-state index contributed by atoms with van der Waals surface area (Å²) in [6.07, 6.45) is -7.79. The molecule has 0 aliphatic carbocycles. The van der Waals surface area contributed by atoms with Crippen molar-refractivity contribution in [1.82, 2.24) is 4.98 Å². The monoisotopic (exact) mass is 237 g/mol. The SMILES string of the molecule is N#Cc1c(C(F)F)ncc(C(F)(F)F)c1N. The van der Waals surface area contributed by atoms with Crippen LogP contribution in [0.15, 0.2) is 6.20 Å². The second-order valence-electron chi connectivity index (χ2n) is 2.76. The van der Waals surface area contributed by atoms with Gasteiger partial charge in [0.15, 0.2) is 0 Å². The first kappa shape index (κ1) is 12.2. The van der Waals surface area contributed by atoms with Crippen LogP contribution in [0.3, 0.4) is 0 Å². The Labute approximate surface area is 86.3 Å². The molecule has 1 rings (SSSR count). The Morgan fingerprint density at radius 2 is 1.94 bits per heavy atom. The van der Waals surface area contributed by atoms with Crippen molar-refractivity contribution in [3.63, 3.8) is 0 Å². The number of alkyl halides is 5. The average molecular weight is 237 g/mol. The molecule has 0 aliphatic heterocycles. The Morgan fingerprint density at radius 3 is 2.31 bits per heavy atom. The van der Waals surface area contributed by atoms with E-state index < -0.39 is 35.1 Å². The Kier molecular flexibility index (Phi) is 2.98. The molecular weight excluding hydrogens is 233 g/mol. The van der Waals surface area contributed by atoms with Gasteiger partial charge in [-0.1, -0.05) is 0 Å². The molecule has 3 nitrogen and oxygen atoms in total. The number of hydrogen-bond acceptors (Lipinski definition) is 3. The minimum Gasteiger partial charge on any atom is -0.397 e. The molecule has 0 bridgehead atoms. The van der Waals surface area contributed by atoms with Gasteiger partial charge >= 0.3 is 6.18 Å². The van der Waals surface area contributed by atoms with E-state index in [0.717, 1.165) is 0 Å². The van der Waals surface area contributed by atoms with Gasteiger partial charge in [-0.15, -0.1) is 0 Å². The zero-order chi connectivity index (χ0) is 12.5. The second kappa shape index (κ2) is 3.92. The molecule has 16 heavy (non-hydrogen) atoms. The summed E-state index contributed by atoms with van der Waals surface area (Å²) in [5.41, 5.74) is 0.592. The van der Waals surface area contributed by atoms with Gasteiger partial charge in [0.1, 0.15) is 17.3 Å². The molecule has 0 amide bonds. The van der Waals surface area contributed by atoms with Gasteiger partial charge in [0, 0.05) is 6.20 Å². The summed E-state index contributed by atoms with van der Waals surface area (Å²) < 4.78 is 61.4. The molecule has 0 saturated carbocycles. The summed E-state index contributed by atoms with van der Waals surface area (Å²) >= 11 is 0. The Hall–Kier alpha value is -1.91. The van der Waals surface area contributed by atoms with Gasteiger partial charge in [0.2, 0.25) is 0 Å². The minimum absolute atomic E-state index is 0.192. The van der Waals surface area contributed by atoms with E-state index in [9.17, 15) is 22.0 Å². The predicted molar refractivity (Wildman–Crippen MR) is 43.3 cm³/mol. The van der Waals surface area contributed by atoms with Crippen molar-refractivity contribution < 1.29 is 22.0 Å². The summed E-state index contributed by atoms with van der Waals surface area (Å²) in [5, 5.41) is 8.47. The van der Waals surface area contributed by atoms with Crippen molar-refractivity contribution in [2.45, 2.75) is 12.6 Å². The third-order valence-electron chi connectivity index (χ3n) is 1.77. The summed E-state index contributed by atoms with van der Waals surface area (Å²) in [7, 11) is 0. The normalized spacial score (nSPS) is 11.6. The van der Waals surface area contributed by atoms with Gasteiger partial charge < -0.3 is 5.73 Å². The predicted octanol–water partition coefficient (Wildman–Crippen LogP) is 2.49. The molecule has 0 unspecified atom stereocenters. The molecule has 0 aromatic carbocycles. The molecule has 0 spiro atoms. The highest BCUT2D eigenvalue weighted by Gasteiger charge is 2.36. The largest absolute Gasteiger partial charge is 0.419 e. The first-order chi connectivity index (χ1) is 7.29. The maximum atomic E-state index is 12.3. The minimum atomic E-state index is -4.83. The van der Waals surface area contributed by atoms with Crippen molar-refractivity contribution in [3.8, 4) is 6.07 Å². The van der Waals surface area contributed by atoms with E-state index in [-0.39, 0.29) is 6.20 Å². The van der Waals surface area contributed by atoms with Gasteiger partial charge in [-0.05, 0) is 0 Å². The van der Waals surface area contributed by atoms with Crippen LogP contribution in [-0.2, 0) is 6.18 Å². The molecular formula is C8H4F5N3. The topological polar surface area (TPSA) is 62.7 Å². The molecule has 1 heterocycles. The highest BCUT2D eigenvalue weighted by atomic mass is 19.4. The third kappa shape index (κ3) is 2.03. The van der Waals surface area contributed by atoms with Crippen LogP contribution in [0.25, 0.3) is 0 Å². The zero-order valence-electron chi connectivity index (χ0n) is 7.52. The van der Waals surface area contributed by atoms with Crippen LogP contribution in [0.1, 0.15) is 23.2 Å². The molecule has 0 fully saturated rings. The second-order valence-corrected chi connectivity index (χ2v) is 2.76. The third-order valence-corrected chi connectivity index (χ3v) is 1.77. The fourth-order valence-electron chi connectivity index (χ4n) is 1.05. The van der Waals surface area contributed by atoms with Gasteiger partial charge in [-0.25, -0.2) is 8.78 Å². The van der Waals surface area contributed by atoms with Crippen molar-refractivity contribution in [2.75, 3.05) is 5.73 Å². The lowest BCUT2D eigenvalue weighted by Crippen LogP contribution is -2.13. The fraction of sp³-hybridized carbons (Fsp3) is 0.250. The van der Waals surface area contributed by atoms with Crippen molar-refractivity contribution in [1.29, 1.82) is 5.26 Å². The number of halogens is 5. The van der Waals surface area contributed by atoms with Crippen LogP contribution in [-0.4, -0.2) is 4.98 Å². The molecule has 1 aromatic rings. The molecule has 0 radical (unpaired) electrons. The lowest BCUT2D eigenvalue weighted by Gasteiger charge is -2.12. The van der Waals surface area contributed by atoms with Gasteiger partial charge in [0.05, 0.1) is 11.3 Å². The molecule has 0 atom stereocenters. The Balaban J connectivity index is 3.49. The van der Waals surface area contributed by atoms with E-state index in [1.165, 1.54) is 6.07 Å². The standard InChI is InChI=1S/C8H4F5N3/c9-7(10)6-3(1-14)5(15)4(2-16-6)8(11,12)13/h2,7H,(H2,15,16). The lowest BCUT2D eigenvalue weighted by molar-refractivity contribution is -0.137. The zero-order valence-corrected chi connectivity index (χ0v) is 7.52. The van der Waals surface area contributed by atoms with Crippen LogP contribution >= 0.6 is 0 Å². The Morgan fingerprint density at radius 1 is 1.38 bits per heavy atom. The maximum absolute atomic E-state index is 12.3. The summed E-state index contributed by atoms with van der Waals surface area (Å²) in [6.45, 7) is 0. The van der Waals surface area contributed by atoms with Gasteiger partial charge in [0.25, 0.3) is 6.43 Å². The van der Waals surface area contributed by atoms with Gasteiger partial charge in [-0.3, -0.25) is 4.98 Å². The molecule has 1 aromatic heterocycles. The van der Waals surface area contributed by atoms with E-state index in [0.29, 0.717) is 0 Å². The number of nitrogens with two attached hydrogens (primary N) is 1. The number of aromatic nitrogens is 1. The molecule has 86 valence electrons. The Bertz CT molecular complexity index is 446. The first-order valence-corrected chi connectivity index (χ1v) is 3.82. The maximum Gasteiger partial charge on any atom is 0.419 e. The van der Waals surface area contributed by atoms with Crippen molar-refractivity contribution in [2.24, 2.45) is 0 Å². The molecule has 2 N–H and O–H groups in total. The summed E-state index contributed by atoms with van der Waals surface area (Å²) in [6, 6.07) is 1.19. The number of pyridine rings is 1. The van der Waals surface area contributed by atoms with Crippen molar-refractivity contribution in [3.05, 3.63) is 23.0 Å². The highest BCUT2D eigenvalue weighted by Crippen LogP contribution is 2.36.